The van der Waals surface area contributed by atoms with Gasteiger partial charge in [-0.05, 0) is 34.6 Å². The predicted octanol–water partition coefficient (Wildman–Crippen LogP) is 0.460. The minimum atomic E-state index is -1.18. The number of hydrogen-bond donors (Lipinski definition) is 3. The number of carbonyl (C=O) groups excluding carboxylic acids is 3. The van der Waals surface area contributed by atoms with Crippen molar-refractivity contribution in [2.24, 2.45) is 0 Å². The lowest BCUT2D eigenvalue weighted by atomic mass is 10.0. The summed E-state index contributed by atoms with van der Waals surface area (Å²) in [4.78, 5) is 55.0. The fourth-order valence-electron chi connectivity index (χ4n) is 2.77. The van der Waals surface area contributed by atoms with Crippen molar-refractivity contribution in [3.05, 3.63) is 22.7 Å². The first-order chi connectivity index (χ1) is 13.8. The molecule has 1 fully saturated rings. The Morgan fingerprint density at radius 2 is 1.63 bits per heavy atom. The normalized spacial score (nSPS) is 14.8. The number of rotatable bonds is 3. The van der Waals surface area contributed by atoms with Gasteiger partial charge in [0.25, 0.3) is 0 Å². The Bertz CT molecular complexity index is 867. The molecular weight excluding hydrogens is 396 g/mol. The summed E-state index contributed by atoms with van der Waals surface area (Å²) < 4.78 is 5.50. The lowest BCUT2D eigenvalue weighted by molar-refractivity contribution is -0.138. The highest BCUT2D eigenvalue weighted by atomic mass is 16.6. The Hall–Kier alpha value is -3.31. The molecule has 0 saturated carbocycles. The van der Waals surface area contributed by atoms with Crippen LogP contribution in [-0.2, 0) is 9.53 Å². The highest BCUT2D eigenvalue weighted by molar-refractivity contribution is 5.90. The van der Waals surface area contributed by atoms with Gasteiger partial charge in [-0.3, -0.25) is 10.1 Å². The second-order valence-electron chi connectivity index (χ2n) is 8.40. The van der Waals surface area contributed by atoms with E-state index in [9.17, 15) is 19.2 Å². The van der Waals surface area contributed by atoms with Crippen molar-refractivity contribution in [3.8, 4) is 0 Å². The molecule has 1 aliphatic heterocycles. The topological polar surface area (TPSA) is 146 Å². The van der Waals surface area contributed by atoms with Crippen LogP contribution in [0.15, 0.2) is 17.1 Å². The summed E-state index contributed by atoms with van der Waals surface area (Å²) in [5.41, 5.74) is -2.77. The van der Waals surface area contributed by atoms with Crippen molar-refractivity contribution in [1.29, 1.82) is 0 Å². The summed E-state index contributed by atoms with van der Waals surface area (Å²) in [6.07, 6.45) is 0.387. The molecule has 12 nitrogen and oxygen atoms in total. The molecule has 0 aliphatic carbocycles. The fraction of sp³-hybridized carbons (Fsp3) is 0.611. The van der Waals surface area contributed by atoms with Crippen LogP contribution >= 0.6 is 0 Å². The average Bonchev–Trinajstić information content (AvgIpc) is 2.62. The summed E-state index contributed by atoms with van der Waals surface area (Å²) in [5, 5.41) is 14.2. The maximum atomic E-state index is 12.8. The molecule has 0 atom stereocenters. The first kappa shape index (κ1) is 23.0. The number of nitrogens with one attached hydrogen (secondary N) is 2. The minimum Gasteiger partial charge on any atom is -0.444 e. The Labute approximate surface area is 173 Å². The van der Waals surface area contributed by atoms with Crippen LogP contribution in [0.4, 0.5) is 15.4 Å². The molecule has 30 heavy (non-hydrogen) atoms. The van der Waals surface area contributed by atoms with E-state index in [-0.39, 0.29) is 37.9 Å². The highest BCUT2D eigenvalue weighted by Gasteiger charge is 2.36. The van der Waals surface area contributed by atoms with Gasteiger partial charge >= 0.3 is 17.8 Å². The quantitative estimate of drug-likeness (QED) is 0.597. The maximum absolute atomic E-state index is 12.8. The molecule has 0 unspecified atom stereocenters. The number of carbonyl (C=O) groups is 3. The number of piperazine rings is 1. The maximum Gasteiger partial charge on any atom is 0.408 e. The highest BCUT2D eigenvalue weighted by Crippen LogP contribution is 2.14. The van der Waals surface area contributed by atoms with Gasteiger partial charge in [-0.25, -0.2) is 14.4 Å². The third-order valence-corrected chi connectivity index (χ3v) is 4.22. The first-order valence-corrected chi connectivity index (χ1v) is 9.44. The van der Waals surface area contributed by atoms with Gasteiger partial charge in [0.2, 0.25) is 5.91 Å². The minimum absolute atomic E-state index is 0.0106. The number of urea groups is 1. The predicted molar refractivity (Wildman–Crippen MR) is 106 cm³/mol. The van der Waals surface area contributed by atoms with E-state index in [2.05, 4.69) is 15.6 Å². The fourth-order valence-corrected chi connectivity index (χ4v) is 2.77. The van der Waals surface area contributed by atoms with E-state index in [4.69, 9.17) is 9.94 Å². The van der Waals surface area contributed by atoms with Gasteiger partial charge in [-0.2, -0.15) is 4.98 Å². The van der Waals surface area contributed by atoms with Crippen LogP contribution in [0, 0.1) is 0 Å². The number of nitrogens with zero attached hydrogens (tertiary/aromatic N) is 4. The number of hydrogen-bond acceptors (Lipinski definition) is 7. The van der Waals surface area contributed by atoms with E-state index in [0.717, 1.165) is 6.20 Å². The summed E-state index contributed by atoms with van der Waals surface area (Å²) in [5.74, 6) is -0.279. The SMILES string of the molecule is CC(C)(C)OC(=O)NC(C)(C)C(=O)N1CCN(C(=O)Nc2ccn(O)c(=O)n2)CC1. The van der Waals surface area contributed by atoms with Crippen LogP contribution in [0.3, 0.4) is 0 Å². The molecule has 12 heteroatoms. The number of aromatic nitrogens is 2. The van der Waals surface area contributed by atoms with E-state index in [1.54, 1.807) is 39.5 Å². The average molecular weight is 424 g/mol. The molecule has 0 bridgehead atoms. The van der Waals surface area contributed by atoms with Crippen LogP contribution in [0.5, 0.6) is 0 Å². The van der Waals surface area contributed by atoms with Crippen LogP contribution in [0.1, 0.15) is 34.6 Å². The lowest BCUT2D eigenvalue weighted by Crippen LogP contribution is -2.60. The smallest absolute Gasteiger partial charge is 0.408 e. The van der Waals surface area contributed by atoms with Crippen molar-refractivity contribution < 1.29 is 24.3 Å². The van der Waals surface area contributed by atoms with E-state index in [1.165, 1.54) is 11.0 Å². The number of alkyl carbamates (subject to hydrolysis) is 1. The molecular formula is C18H28N6O6. The Kier molecular flexibility index (Phi) is 6.58. The third kappa shape index (κ3) is 6.09. The summed E-state index contributed by atoms with van der Waals surface area (Å²) in [6.45, 7) is 9.45. The second-order valence-corrected chi connectivity index (χ2v) is 8.40. The Morgan fingerprint density at radius 1 is 1.07 bits per heavy atom. The van der Waals surface area contributed by atoms with Gasteiger partial charge in [0.05, 0.1) is 6.20 Å². The van der Waals surface area contributed by atoms with Gasteiger partial charge in [-0.15, -0.1) is 4.73 Å². The summed E-state index contributed by atoms with van der Waals surface area (Å²) >= 11 is 0. The molecule has 1 saturated heterocycles. The summed E-state index contributed by atoms with van der Waals surface area (Å²) in [7, 11) is 0. The first-order valence-electron chi connectivity index (χ1n) is 9.44. The van der Waals surface area contributed by atoms with E-state index >= 15 is 0 Å². The van der Waals surface area contributed by atoms with Crippen molar-refractivity contribution in [1.82, 2.24) is 24.8 Å². The van der Waals surface area contributed by atoms with Crippen LogP contribution in [0.2, 0.25) is 0 Å². The largest absolute Gasteiger partial charge is 0.444 e. The van der Waals surface area contributed by atoms with Crippen LogP contribution in [0.25, 0.3) is 0 Å². The molecule has 3 N–H and O–H groups in total. The third-order valence-electron chi connectivity index (χ3n) is 4.22. The van der Waals surface area contributed by atoms with E-state index in [0.29, 0.717) is 4.73 Å². The zero-order chi connectivity index (χ0) is 22.7. The van der Waals surface area contributed by atoms with Crippen LogP contribution in [-0.4, -0.2) is 80.1 Å². The number of amides is 4. The molecule has 0 spiro atoms. The molecule has 2 rings (SSSR count). The monoisotopic (exact) mass is 424 g/mol. The standard InChI is InChI=1S/C18H28N6O6/c1-17(2,3)30-16(28)21-18(4,5)13(25)22-8-10-23(11-9-22)14(26)19-12-6-7-24(29)15(27)20-12/h6-7,29H,8-11H2,1-5H3,(H,21,28)(H,19,20,26,27). The second kappa shape index (κ2) is 8.59. The van der Waals surface area contributed by atoms with Gasteiger partial charge in [0.15, 0.2) is 0 Å². The Balaban J connectivity index is 1.89. The molecule has 2 heterocycles. The van der Waals surface area contributed by atoms with E-state index < -0.39 is 29.0 Å². The molecule has 1 aliphatic rings. The molecule has 0 aromatic carbocycles. The van der Waals surface area contributed by atoms with Gasteiger partial charge in [-0.1, -0.05) is 0 Å². The number of ether oxygens (including phenoxy) is 1. The Morgan fingerprint density at radius 3 is 2.17 bits per heavy atom. The van der Waals surface area contributed by atoms with Crippen molar-refractivity contribution in [2.45, 2.75) is 45.8 Å². The van der Waals surface area contributed by atoms with Crippen LogP contribution < -0.4 is 16.3 Å². The molecule has 1 aromatic heterocycles. The van der Waals surface area contributed by atoms with Crippen molar-refractivity contribution in [2.75, 3.05) is 31.5 Å². The van der Waals surface area contributed by atoms with Gasteiger partial charge in [0.1, 0.15) is 17.0 Å². The molecule has 0 radical (unpaired) electrons. The lowest BCUT2D eigenvalue weighted by Gasteiger charge is -2.38. The number of anilines is 1. The summed E-state index contributed by atoms with van der Waals surface area (Å²) in [6, 6.07) is 0.806. The zero-order valence-corrected chi connectivity index (χ0v) is 17.8. The van der Waals surface area contributed by atoms with Gasteiger partial charge in [0, 0.05) is 32.2 Å². The molecule has 1 aromatic rings. The molecule has 4 amide bonds. The van der Waals surface area contributed by atoms with Crippen molar-refractivity contribution in [3.63, 3.8) is 0 Å². The van der Waals surface area contributed by atoms with Gasteiger partial charge < -0.3 is 25.1 Å². The van der Waals surface area contributed by atoms with E-state index in [1.807, 2.05) is 0 Å². The zero-order valence-electron chi connectivity index (χ0n) is 17.8. The molecule has 166 valence electrons. The van der Waals surface area contributed by atoms with Crippen molar-refractivity contribution >= 4 is 23.8 Å².